The summed E-state index contributed by atoms with van der Waals surface area (Å²) in [4.78, 5) is 2.53. The fraction of sp³-hybridized carbons (Fsp3) is 0.0794. The minimum absolute atomic E-state index is 0.541. The molecule has 0 saturated carbocycles. The molecule has 0 unspecified atom stereocenters. The van der Waals surface area contributed by atoms with Gasteiger partial charge in [-0.2, -0.15) is 0 Å². The molecule has 2 aliphatic carbocycles. The number of anilines is 3. The maximum atomic E-state index is 2.56. The van der Waals surface area contributed by atoms with Crippen LogP contribution in [0.4, 0.5) is 17.1 Å². The lowest BCUT2D eigenvalue weighted by Crippen LogP contribution is -2.28. The lowest BCUT2D eigenvalue weighted by molar-refractivity contribution is 0.687. The molecule has 1 heteroatoms. The van der Waals surface area contributed by atoms with Crippen LogP contribution in [0.3, 0.4) is 0 Å². The van der Waals surface area contributed by atoms with Gasteiger partial charge in [0, 0.05) is 16.9 Å². The SMILES string of the molecule is c1ccc(-c2ccc(N(c3ccc(-c4ccc5ccccc5c4)cc3)c3cc4c(cc3-c3cccc5c3CCCC5)-c3ccccc3C4(c3ccccc3)c3ccccc3)cc2)cc1. The number of hydrogen-bond acceptors (Lipinski definition) is 1. The third-order valence-corrected chi connectivity index (χ3v) is 13.9. The molecule has 64 heavy (non-hydrogen) atoms. The normalized spacial score (nSPS) is 13.5. The summed E-state index contributed by atoms with van der Waals surface area (Å²) in [5.41, 5.74) is 21.0. The van der Waals surface area contributed by atoms with Gasteiger partial charge in [-0.05, 0) is 151 Å². The van der Waals surface area contributed by atoms with E-state index in [4.69, 9.17) is 0 Å². The number of fused-ring (bicyclic) bond motifs is 5. The van der Waals surface area contributed by atoms with Crippen molar-refractivity contribution in [1.29, 1.82) is 0 Å². The van der Waals surface area contributed by atoms with Crippen molar-refractivity contribution < 1.29 is 0 Å². The Bertz CT molecular complexity index is 3250. The van der Waals surface area contributed by atoms with Crippen molar-refractivity contribution in [3.05, 3.63) is 270 Å². The Morgan fingerprint density at radius 2 is 0.875 bits per heavy atom. The van der Waals surface area contributed by atoms with Crippen LogP contribution in [0.25, 0.3) is 55.3 Å². The molecule has 12 rings (SSSR count). The predicted octanol–water partition coefficient (Wildman–Crippen LogP) is 16.6. The minimum Gasteiger partial charge on any atom is -0.310 e. The summed E-state index contributed by atoms with van der Waals surface area (Å²) in [7, 11) is 0. The average molecular weight is 818 g/mol. The Balaban J connectivity index is 1.14. The molecule has 0 bridgehead atoms. The largest absolute Gasteiger partial charge is 0.310 e. The zero-order valence-corrected chi connectivity index (χ0v) is 35.8. The van der Waals surface area contributed by atoms with E-state index < -0.39 is 5.41 Å². The summed E-state index contributed by atoms with van der Waals surface area (Å²) in [5, 5.41) is 2.50. The zero-order chi connectivity index (χ0) is 42.5. The molecule has 0 amide bonds. The van der Waals surface area contributed by atoms with Gasteiger partial charge in [-0.1, -0.05) is 194 Å². The van der Waals surface area contributed by atoms with Gasteiger partial charge < -0.3 is 4.90 Å². The van der Waals surface area contributed by atoms with Crippen molar-refractivity contribution in [1.82, 2.24) is 0 Å². The number of aryl methyl sites for hydroxylation is 1. The first-order valence-electron chi connectivity index (χ1n) is 22.8. The summed E-state index contributed by atoms with van der Waals surface area (Å²) in [5.74, 6) is 0. The van der Waals surface area contributed by atoms with E-state index in [0.29, 0.717) is 0 Å². The van der Waals surface area contributed by atoms with Gasteiger partial charge in [-0.3, -0.25) is 0 Å². The lowest BCUT2D eigenvalue weighted by Gasteiger charge is -2.36. The number of rotatable bonds is 8. The first-order valence-corrected chi connectivity index (χ1v) is 22.8. The summed E-state index contributed by atoms with van der Waals surface area (Å²) in [6.45, 7) is 0. The Morgan fingerprint density at radius 1 is 0.328 bits per heavy atom. The van der Waals surface area contributed by atoms with Crippen LogP contribution in [0.15, 0.2) is 237 Å². The van der Waals surface area contributed by atoms with Gasteiger partial charge in [-0.15, -0.1) is 0 Å². The number of benzene rings is 10. The van der Waals surface area contributed by atoms with E-state index in [2.05, 4.69) is 241 Å². The smallest absolute Gasteiger partial charge is 0.0714 e. The zero-order valence-electron chi connectivity index (χ0n) is 35.8. The molecule has 304 valence electrons. The van der Waals surface area contributed by atoms with Gasteiger partial charge in [-0.25, -0.2) is 0 Å². The summed E-state index contributed by atoms with van der Waals surface area (Å²) < 4.78 is 0. The monoisotopic (exact) mass is 817 g/mol. The first-order chi connectivity index (χ1) is 31.7. The Hall–Kier alpha value is -7.74. The van der Waals surface area contributed by atoms with E-state index in [1.165, 1.54) is 107 Å². The van der Waals surface area contributed by atoms with Crippen molar-refractivity contribution in [2.75, 3.05) is 4.90 Å². The minimum atomic E-state index is -0.541. The lowest BCUT2D eigenvalue weighted by atomic mass is 9.67. The molecule has 2 aliphatic rings. The van der Waals surface area contributed by atoms with Crippen molar-refractivity contribution in [3.63, 3.8) is 0 Å². The van der Waals surface area contributed by atoms with E-state index in [1.807, 2.05) is 0 Å². The molecule has 10 aromatic carbocycles. The van der Waals surface area contributed by atoms with Crippen LogP contribution in [-0.2, 0) is 18.3 Å². The summed E-state index contributed by atoms with van der Waals surface area (Å²) in [6, 6.07) is 88.2. The molecule has 0 aromatic heterocycles. The second-order valence-electron chi connectivity index (χ2n) is 17.5. The van der Waals surface area contributed by atoms with Crippen LogP contribution in [0.1, 0.15) is 46.2 Å². The molecule has 0 heterocycles. The fourth-order valence-electron chi connectivity index (χ4n) is 10.9. The van der Waals surface area contributed by atoms with Gasteiger partial charge in [0.05, 0.1) is 11.1 Å². The third kappa shape index (κ3) is 6.30. The highest BCUT2D eigenvalue weighted by atomic mass is 15.1. The van der Waals surface area contributed by atoms with E-state index in [9.17, 15) is 0 Å². The molecule has 0 atom stereocenters. The van der Waals surface area contributed by atoms with Crippen molar-refractivity contribution in [2.45, 2.75) is 31.1 Å². The second kappa shape index (κ2) is 15.9. The van der Waals surface area contributed by atoms with E-state index in [0.717, 1.165) is 24.2 Å². The average Bonchev–Trinajstić information content (AvgIpc) is 3.67. The standard InChI is InChI=1S/C63H47N/c1-4-17-44(18-5-1)46-33-37-53(38-34-46)64(54-39-35-47(36-40-54)50-32-31-45-19-10-11-21-49(45)41-50)62-43-61-58(42-59(62)56-29-16-22-48-20-12-13-27-55(48)56)57-28-14-15-30-60(57)63(61,51-23-6-2-7-24-51)52-25-8-3-9-26-52/h1-11,14-19,21-26,28-43H,12-13,20,27H2. The Kier molecular flexibility index (Phi) is 9.42. The van der Waals surface area contributed by atoms with Gasteiger partial charge in [0.2, 0.25) is 0 Å². The van der Waals surface area contributed by atoms with E-state index >= 15 is 0 Å². The van der Waals surface area contributed by atoms with Gasteiger partial charge in [0.15, 0.2) is 0 Å². The molecule has 1 nitrogen and oxygen atoms in total. The second-order valence-corrected chi connectivity index (χ2v) is 17.5. The number of nitrogens with zero attached hydrogens (tertiary/aromatic N) is 1. The Morgan fingerprint density at radius 3 is 1.58 bits per heavy atom. The summed E-state index contributed by atoms with van der Waals surface area (Å²) in [6.07, 6.45) is 4.65. The Labute approximate surface area is 376 Å². The molecular formula is C63H47N. The first kappa shape index (κ1) is 38.0. The molecule has 0 spiro atoms. The van der Waals surface area contributed by atoms with Gasteiger partial charge >= 0.3 is 0 Å². The topological polar surface area (TPSA) is 3.24 Å². The van der Waals surface area contributed by atoms with E-state index in [1.54, 1.807) is 0 Å². The number of hydrogen-bond donors (Lipinski definition) is 0. The van der Waals surface area contributed by atoms with Crippen LogP contribution >= 0.6 is 0 Å². The molecule has 0 fully saturated rings. The van der Waals surface area contributed by atoms with Crippen molar-refractivity contribution >= 4 is 27.8 Å². The van der Waals surface area contributed by atoms with Crippen LogP contribution < -0.4 is 4.90 Å². The van der Waals surface area contributed by atoms with Gasteiger partial charge in [0.1, 0.15) is 0 Å². The molecule has 10 aromatic rings. The molecule has 0 N–H and O–H groups in total. The fourth-order valence-corrected chi connectivity index (χ4v) is 10.9. The van der Waals surface area contributed by atoms with Gasteiger partial charge in [0.25, 0.3) is 0 Å². The van der Waals surface area contributed by atoms with Crippen LogP contribution in [0, 0.1) is 0 Å². The molecule has 0 saturated heterocycles. The predicted molar refractivity (Wildman–Crippen MR) is 269 cm³/mol. The summed E-state index contributed by atoms with van der Waals surface area (Å²) >= 11 is 0. The van der Waals surface area contributed by atoms with Crippen LogP contribution in [0.2, 0.25) is 0 Å². The molecule has 0 aliphatic heterocycles. The molecule has 0 radical (unpaired) electrons. The quantitative estimate of drug-likeness (QED) is 0.148. The van der Waals surface area contributed by atoms with Crippen LogP contribution in [-0.4, -0.2) is 0 Å². The van der Waals surface area contributed by atoms with Crippen molar-refractivity contribution in [3.8, 4) is 44.5 Å². The van der Waals surface area contributed by atoms with Crippen molar-refractivity contribution in [2.24, 2.45) is 0 Å². The highest BCUT2D eigenvalue weighted by Crippen LogP contribution is 2.59. The maximum Gasteiger partial charge on any atom is 0.0714 e. The van der Waals surface area contributed by atoms with Crippen LogP contribution in [0.5, 0.6) is 0 Å². The molecular weight excluding hydrogens is 771 g/mol. The third-order valence-electron chi connectivity index (χ3n) is 13.9. The van der Waals surface area contributed by atoms with E-state index in [-0.39, 0.29) is 0 Å². The highest BCUT2D eigenvalue weighted by Gasteiger charge is 2.47. The maximum absolute atomic E-state index is 2.56. The highest BCUT2D eigenvalue weighted by molar-refractivity contribution is 5.98.